The molecule has 0 spiro atoms. The van der Waals surface area contributed by atoms with Gasteiger partial charge in [0.25, 0.3) is 5.69 Å². The summed E-state index contributed by atoms with van der Waals surface area (Å²) in [5.41, 5.74) is 6.87. The van der Waals surface area contributed by atoms with E-state index in [9.17, 15) is 0 Å². The molecule has 306 valence electrons. The molecule has 2 aromatic heterocycles. The van der Waals surface area contributed by atoms with Gasteiger partial charge in [0.15, 0.2) is 0 Å². The molecule has 0 atom stereocenters. The zero-order valence-corrected chi connectivity index (χ0v) is 38.1. The third kappa shape index (κ3) is 7.83. The summed E-state index contributed by atoms with van der Waals surface area (Å²) in [6.45, 7) is 16.9. The summed E-state index contributed by atoms with van der Waals surface area (Å²) in [5.74, 6) is 1.08. The molecular weight excluding hydrogens is 928 g/mol. The number of hydrogen-bond donors (Lipinski definition) is 0. The maximum absolute atomic E-state index is 9.11. The van der Waals surface area contributed by atoms with Crippen molar-refractivity contribution in [2.24, 2.45) is 0 Å². The third-order valence-electron chi connectivity index (χ3n) is 11.1. The first-order valence-corrected chi connectivity index (χ1v) is 20.2. The Hall–Kier alpha value is -5.86. The topological polar surface area (TPSA) is 33.1 Å². The SMILES string of the molecule is [2H]c1c([2H])c([2H])c(-c2cc(Oc3[c-]c([N+]4=C=[N+](c5cc(C(C)(C)C)cc(C(C)(C)C)c5)c5c4cccc5C([2H])([2H])[2H])ccc3)[c-]c3c2c2ccccc2n3-c2cc(C(C)(C)C)ccn2)c([2H])c1[2H].[Pt+2]. The van der Waals surface area contributed by atoms with Crippen LogP contribution in [0.1, 0.15) is 95.5 Å². The van der Waals surface area contributed by atoms with Gasteiger partial charge >= 0.3 is 32.8 Å². The molecule has 1 aliphatic rings. The van der Waals surface area contributed by atoms with Crippen LogP contribution in [-0.4, -0.2) is 15.6 Å². The van der Waals surface area contributed by atoms with E-state index in [2.05, 4.69) is 98.7 Å². The molecule has 6 aromatic carbocycles. The van der Waals surface area contributed by atoms with Crippen LogP contribution in [0, 0.1) is 19.0 Å². The zero-order chi connectivity index (χ0) is 49.0. The summed E-state index contributed by atoms with van der Waals surface area (Å²) in [6.07, 6.45) is 1.77. The van der Waals surface area contributed by atoms with E-state index in [4.69, 9.17) is 20.7 Å². The van der Waals surface area contributed by atoms with Crippen molar-refractivity contribution in [1.29, 1.82) is 0 Å². The minimum Gasteiger partial charge on any atom is -0.509 e. The Bertz CT molecular complexity index is 3410. The van der Waals surface area contributed by atoms with E-state index >= 15 is 0 Å². The van der Waals surface area contributed by atoms with Gasteiger partial charge in [-0.2, -0.15) is 6.07 Å². The molecule has 0 unspecified atom stereocenters. The van der Waals surface area contributed by atoms with Gasteiger partial charge in [-0.3, -0.25) is 0 Å². The average Bonchev–Trinajstić information content (AvgIpc) is 3.83. The Morgan fingerprint density at radius 2 is 1.41 bits per heavy atom. The number of para-hydroxylation sites is 2. The van der Waals surface area contributed by atoms with E-state index in [1.165, 1.54) is 0 Å². The minimum atomic E-state index is -2.44. The standard InChI is InChI=1S/C55H52N4O.Pt/c1-36-18-16-25-48-52(36)58(42-29-39(54(5,6)7)28-40(30-42)55(8,9)10)35-57(48)41-21-17-22-43(32-41)60-44-33-46(37-19-12-11-13-20-37)51-45-23-14-15-24-47(45)59(49(51)34-44)50-31-38(26-27-56-50)53(2,3)4;/h11-31,33H,1-10H3;/q;+2/i1D3,11D,12D,13D,19D,20D;. The maximum atomic E-state index is 9.11. The van der Waals surface area contributed by atoms with Crippen LogP contribution in [0.2, 0.25) is 0 Å². The fourth-order valence-corrected chi connectivity index (χ4v) is 7.74. The van der Waals surface area contributed by atoms with Crippen LogP contribution in [-0.2, 0) is 37.3 Å². The molecule has 5 nitrogen and oxygen atoms in total. The van der Waals surface area contributed by atoms with Gasteiger partial charge in [0.2, 0.25) is 5.69 Å². The average molecular weight is 988 g/mol. The molecule has 0 radical (unpaired) electrons. The maximum Gasteiger partial charge on any atom is 2.00 e. The number of pyridine rings is 1. The Balaban J connectivity index is 0.00000642. The number of aryl methyl sites for hydroxylation is 1. The first-order chi connectivity index (χ1) is 31.8. The van der Waals surface area contributed by atoms with Crippen LogP contribution in [0.4, 0.5) is 22.7 Å². The molecule has 0 aliphatic carbocycles. The molecule has 9 rings (SSSR count). The number of hydrogen-bond acceptors (Lipinski definition) is 2. The van der Waals surface area contributed by atoms with E-state index < -0.39 is 25.0 Å². The molecule has 61 heavy (non-hydrogen) atoms. The summed E-state index contributed by atoms with van der Waals surface area (Å²) in [5, 5.41) is 1.38. The largest absolute Gasteiger partial charge is 2.00 e. The Kier molecular flexibility index (Phi) is 8.38. The predicted molar refractivity (Wildman–Crippen MR) is 250 cm³/mol. The van der Waals surface area contributed by atoms with E-state index in [-0.39, 0.29) is 72.0 Å². The van der Waals surface area contributed by atoms with Crippen molar-refractivity contribution in [3.8, 4) is 28.4 Å². The molecule has 0 fully saturated rings. The van der Waals surface area contributed by atoms with Gasteiger partial charge in [-0.1, -0.05) is 157 Å². The summed E-state index contributed by atoms with van der Waals surface area (Å²) in [6, 6.07) is 38.8. The summed E-state index contributed by atoms with van der Waals surface area (Å²) >= 11 is 0. The molecule has 3 heterocycles. The second-order valence-corrected chi connectivity index (χ2v) is 18.5. The molecule has 0 saturated carbocycles. The summed E-state index contributed by atoms with van der Waals surface area (Å²) in [7, 11) is 0. The van der Waals surface area contributed by atoms with Crippen LogP contribution in [0.15, 0.2) is 133 Å². The number of rotatable bonds is 6. The van der Waals surface area contributed by atoms with Gasteiger partial charge in [0, 0.05) is 51.1 Å². The van der Waals surface area contributed by atoms with E-state index in [0.29, 0.717) is 39.3 Å². The van der Waals surface area contributed by atoms with Gasteiger partial charge in [-0.15, -0.1) is 23.8 Å². The molecular formula is C55H52N4OPt+2. The molecule has 0 bridgehead atoms. The first kappa shape index (κ1) is 32.9. The van der Waals surface area contributed by atoms with Crippen LogP contribution in [0.3, 0.4) is 0 Å². The Morgan fingerprint density at radius 1 is 0.705 bits per heavy atom. The number of aromatic nitrogens is 2. The Labute approximate surface area is 386 Å². The smallest absolute Gasteiger partial charge is 0.509 e. The molecule has 8 aromatic rings. The summed E-state index contributed by atoms with van der Waals surface area (Å²) < 4.78 is 82.1. The second kappa shape index (κ2) is 15.6. The second-order valence-electron chi connectivity index (χ2n) is 18.5. The Morgan fingerprint density at radius 3 is 2.11 bits per heavy atom. The van der Waals surface area contributed by atoms with Crippen molar-refractivity contribution in [2.45, 2.75) is 85.4 Å². The van der Waals surface area contributed by atoms with Crippen molar-refractivity contribution >= 4 is 50.6 Å². The van der Waals surface area contributed by atoms with Crippen LogP contribution >= 0.6 is 0 Å². The number of benzene rings is 6. The van der Waals surface area contributed by atoms with Crippen molar-refractivity contribution in [3.05, 3.63) is 168 Å². The fourth-order valence-electron chi connectivity index (χ4n) is 7.74. The van der Waals surface area contributed by atoms with Gasteiger partial charge in [0.05, 0.1) is 6.85 Å². The minimum absolute atomic E-state index is 0. The van der Waals surface area contributed by atoms with Gasteiger partial charge < -0.3 is 9.30 Å². The van der Waals surface area contributed by atoms with Crippen molar-refractivity contribution < 1.29 is 36.8 Å². The summed E-state index contributed by atoms with van der Waals surface area (Å²) in [4.78, 5) is 4.83. The fraction of sp³-hybridized carbons (Fsp3) is 0.236. The number of nitrogens with zero attached hydrogens (tertiary/aromatic N) is 4. The van der Waals surface area contributed by atoms with Crippen molar-refractivity contribution in [2.75, 3.05) is 0 Å². The first-order valence-electron chi connectivity index (χ1n) is 24.2. The third-order valence-corrected chi connectivity index (χ3v) is 11.1. The normalized spacial score (nSPS) is 15.0. The molecule has 0 amide bonds. The van der Waals surface area contributed by atoms with Gasteiger partial charge in [0.1, 0.15) is 11.5 Å². The molecule has 6 heteroatoms. The van der Waals surface area contributed by atoms with Gasteiger partial charge in [-0.05, 0) is 73.5 Å². The number of fused-ring (bicyclic) bond motifs is 4. The van der Waals surface area contributed by atoms with Crippen LogP contribution in [0.25, 0.3) is 38.8 Å². The van der Waals surface area contributed by atoms with E-state index in [1.807, 2.05) is 63.7 Å². The van der Waals surface area contributed by atoms with Gasteiger partial charge in [-0.25, -0.2) is 4.98 Å². The molecule has 1 aliphatic heterocycles. The predicted octanol–water partition coefficient (Wildman–Crippen LogP) is 14.3. The number of ether oxygens (including phenoxy) is 1. The monoisotopic (exact) mass is 987 g/mol. The van der Waals surface area contributed by atoms with Crippen molar-refractivity contribution in [3.63, 3.8) is 0 Å². The quantitative estimate of drug-likeness (QED) is 0.123. The molecule has 0 saturated heterocycles. The van der Waals surface area contributed by atoms with E-state index in [0.717, 1.165) is 33.3 Å². The van der Waals surface area contributed by atoms with Crippen LogP contribution < -0.4 is 13.9 Å². The zero-order valence-electron chi connectivity index (χ0n) is 43.8. The van der Waals surface area contributed by atoms with Crippen LogP contribution in [0.5, 0.6) is 11.5 Å². The molecule has 0 N–H and O–H groups in total. The van der Waals surface area contributed by atoms with Crippen molar-refractivity contribution in [1.82, 2.24) is 18.7 Å². The van der Waals surface area contributed by atoms with E-state index in [1.54, 1.807) is 35.0 Å².